The zero-order valence-electron chi connectivity index (χ0n) is 17.2. The third kappa shape index (κ3) is 4.07. The van der Waals surface area contributed by atoms with Crippen LogP contribution in [0.5, 0.6) is 0 Å². The number of amides is 3. The summed E-state index contributed by atoms with van der Waals surface area (Å²) >= 11 is 0. The van der Waals surface area contributed by atoms with E-state index >= 15 is 0 Å². The molecule has 2 aromatic carbocycles. The van der Waals surface area contributed by atoms with Gasteiger partial charge in [-0.25, -0.2) is 13.8 Å². The van der Waals surface area contributed by atoms with E-state index in [1.807, 2.05) is 34.9 Å². The van der Waals surface area contributed by atoms with E-state index in [0.29, 0.717) is 30.3 Å². The molecular weight excluding hydrogens is 399 g/mol. The molecule has 2 aliphatic rings. The Bertz CT molecular complexity index is 1090. The molecule has 2 heterocycles. The highest BCUT2D eigenvalue weighted by molar-refractivity contribution is 6.22. The lowest BCUT2D eigenvalue weighted by Gasteiger charge is -2.31. The van der Waals surface area contributed by atoms with Crippen molar-refractivity contribution in [3.8, 4) is 0 Å². The van der Waals surface area contributed by atoms with Gasteiger partial charge >= 0.3 is 12.0 Å². The summed E-state index contributed by atoms with van der Waals surface area (Å²) in [5.74, 6) is 0.0700. The van der Waals surface area contributed by atoms with Crippen LogP contribution in [0.15, 0.2) is 64.7 Å². The Labute approximate surface area is 179 Å². The van der Waals surface area contributed by atoms with Crippen LogP contribution in [0.1, 0.15) is 11.1 Å². The van der Waals surface area contributed by atoms with Gasteiger partial charge in [0.25, 0.3) is 5.91 Å². The molecule has 158 valence electrons. The number of fused-ring (bicyclic) bond motifs is 1. The predicted molar refractivity (Wildman–Crippen MR) is 115 cm³/mol. The predicted octanol–water partition coefficient (Wildman–Crippen LogP) is 1.66. The first kappa shape index (κ1) is 20.4. The number of hydrogen-bond donors (Lipinski definition) is 1. The molecule has 0 aromatic heterocycles. The lowest BCUT2D eigenvalue weighted by atomic mass is 10.1. The second-order valence-electron chi connectivity index (χ2n) is 7.29. The monoisotopic (exact) mass is 421 g/mol. The molecule has 1 atom stereocenters. The van der Waals surface area contributed by atoms with Crippen molar-refractivity contribution >= 4 is 29.9 Å². The number of nitrogens with one attached hydrogen (secondary N) is 1. The number of hydrogen-bond acceptors (Lipinski definition) is 5. The maximum atomic E-state index is 13.1. The molecule has 31 heavy (non-hydrogen) atoms. The Morgan fingerprint density at radius 1 is 1.10 bits per heavy atom. The first-order chi connectivity index (χ1) is 15.0. The van der Waals surface area contributed by atoms with Crippen molar-refractivity contribution in [1.82, 2.24) is 15.2 Å². The molecule has 0 spiro atoms. The number of imide groups is 1. The van der Waals surface area contributed by atoms with E-state index in [4.69, 9.17) is 0 Å². The fourth-order valence-electron chi connectivity index (χ4n) is 3.53. The number of benzene rings is 2. The summed E-state index contributed by atoms with van der Waals surface area (Å²) in [4.78, 5) is 32.2. The average molecular weight is 421 g/mol. The molecule has 0 bridgehead atoms. The first-order valence-electron chi connectivity index (χ1n) is 9.81. The van der Waals surface area contributed by atoms with Crippen LogP contribution in [0.2, 0.25) is 0 Å². The number of guanidine groups is 1. The van der Waals surface area contributed by atoms with Gasteiger partial charge < -0.3 is 0 Å². The van der Waals surface area contributed by atoms with Crippen molar-refractivity contribution in [1.29, 1.82) is 0 Å². The maximum absolute atomic E-state index is 13.1. The Morgan fingerprint density at radius 2 is 1.81 bits per heavy atom. The molecule has 1 N–H and O–H groups in total. The number of rotatable bonds is 5. The summed E-state index contributed by atoms with van der Waals surface area (Å²) in [6.45, 7) is 0.498. The van der Waals surface area contributed by atoms with Crippen LogP contribution in [-0.4, -0.2) is 71.0 Å². The van der Waals surface area contributed by atoms with Crippen molar-refractivity contribution in [2.45, 2.75) is 12.5 Å². The van der Waals surface area contributed by atoms with Crippen molar-refractivity contribution in [3.63, 3.8) is 0 Å². The SMILES string of the molecule is CN1C(=O)C2C(=NC(N/N=C/c3ccc(F)cc3)=[N+]2CCc2ccccc2)N(C)C1=O. The van der Waals surface area contributed by atoms with Crippen LogP contribution in [0.4, 0.5) is 9.18 Å². The minimum Gasteiger partial charge on any atom is -0.270 e. The van der Waals surface area contributed by atoms with Crippen LogP contribution in [-0.2, 0) is 11.2 Å². The van der Waals surface area contributed by atoms with Crippen molar-refractivity contribution in [3.05, 3.63) is 71.5 Å². The van der Waals surface area contributed by atoms with Gasteiger partial charge in [-0.05, 0) is 23.3 Å². The van der Waals surface area contributed by atoms with Crippen molar-refractivity contribution < 1.29 is 18.6 Å². The van der Waals surface area contributed by atoms with Gasteiger partial charge in [-0.2, -0.15) is 5.43 Å². The van der Waals surface area contributed by atoms with Crippen molar-refractivity contribution in [2.24, 2.45) is 10.1 Å². The Kier molecular flexibility index (Phi) is 5.57. The van der Waals surface area contributed by atoms with Gasteiger partial charge in [0.2, 0.25) is 11.9 Å². The quantitative estimate of drug-likeness (QED) is 0.453. The third-order valence-electron chi connectivity index (χ3n) is 5.26. The Hall–Kier alpha value is -3.88. The molecule has 1 unspecified atom stereocenters. The summed E-state index contributed by atoms with van der Waals surface area (Å²) < 4.78 is 14.9. The molecule has 0 radical (unpaired) electrons. The van der Waals surface area contributed by atoms with Gasteiger partial charge in [0.15, 0.2) is 0 Å². The highest BCUT2D eigenvalue weighted by Crippen LogP contribution is 2.19. The molecule has 2 aliphatic heterocycles. The van der Waals surface area contributed by atoms with E-state index in [-0.39, 0.29) is 11.7 Å². The molecule has 1 fully saturated rings. The number of nitrogens with zero attached hydrogens (tertiary/aromatic N) is 5. The fourth-order valence-corrected chi connectivity index (χ4v) is 3.53. The minimum atomic E-state index is -0.708. The van der Waals surface area contributed by atoms with E-state index in [9.17, 15) is 14.0 Å². The van der Waals surface area contributed by atoms with Crippen molar-refractivity contribution in [2.75, 3.05) is 20.6 Å². The van der Waals surface area contributed by atoms with Crippen LogP contribution in [0.3, 0.4) is 0 Å². The van der Waals surface area contributed by atoms with E-state index in [1.165, 1.54) is 30.3 Å². The highest BCUT2D eigenvalue weighted by atomic mass is 19.1. The van der Waals surface area contributed by atoms with Gasteiger partial charge in [0, 0.05) is 20.5 Å². The molecule has 1 saturated heterocycles. The zero-order chi connectivity index (χ0) is 22.0. The average Bonchev–Trinajstić information content (AvgIpc) is 3.15. The largest absolute Gasteiger partial charge is 0.413 e. The number of urea groups is 1. The minimum absolute atomic E-state index is 0.326. The Balaban J connectivity index is 1.61. The molecular formula is C22H22FN6O2+. The fraction of sp³-hybridized carbons (Fsp3) is 0.227. The van der Waals surface area contributed by atoms with Gasteiger partial charge in [-0.3, -0.25) is 14.6 Å². The number of aliphatic imine (C=N–C) groups is 1. The normalized spacial score (nSPS) is 18.7. The highest BCUT2D eigenvalue weighted by Gasteiger charge is 2.51. The lowest BCUT2D eigenvalue weighted by molar-refractivity contribution is -0.536. The van der Waals surface area contributed by atoms with Crippen LogP contribution < -0.4 is 5.43 Å². The Morgan fingerprint density at radius 3 is 2.52 bits per heavy atom. The maximum Gasteiger partial charge on any atom is 0.413 e. The van der Waals surface area contributed by atoms with Crippen LogP contribution >= 0.6 is 0 Å². The van der Waals surface area contributed by atoms with Gasteiger partial charge in [0.1, 0.15) is 5.82 Å². The summed E-state index contributed by atoms with van der Waals surface area (Å²) in [6, 6.07) is 14.7. The first-order valence-corrected chi connectivity index (χ1v) is 9.81. The number of amidine groups is 1. The molecule has 3 amide bonds. The third-order valence-corrected chi connectivity index (χ3v) is 5.26. The number of hydrazone groups is 1. The lowest BCUT2D eigenvalue weighted by Crippen LogP contribution is -2.61. The van der Waals surface area contributed by atoms with E-state index in [0.717, 1.165) is 10.5 Å². The number of carbonyl (C=O) groups is 2. The molecule has 2 aromatic rings. The standard InChI is InChI=1S/C22H21FN6O2/c1-27-19-18(20(30)28(2)22(27)31)29(13-12-15-6-4-3-5-7-15)21(25-19)26-24-14-16-8-10-17(23)11-9-16/h3-11,14,18H,12-13H2,1-2H3/p+1/b24-14+. The van der Waals surface area contributed by atoms with E-state index < -0.39 is 12.1 Å². The van der Waals surface area contributed by atoms with Crippen LogP contribution in [0, 0.1) is 5.82 Å². The summed E-state index contributed by atoms with van der Waals surface area (Å²) in [5.41, 5.74) is 4.70. The van der Waals surface area contributed by atoms with Crippen LogP contribution in [0.25, 0.3) is 0 Å². The second-order valence-corrected chi connectivity index (χ2v) is 7.29. The summed E-state index contributed by atoms with van der Waals surface area (Å²) in [6.07, 6.45) is 2.22. The number of halogens is 1. The van der Waals surface area contributed by atoms with Gasteiger partial charge in [-0.1, -0.05) is 47.5 Å². The second kappa shape index (κ2) is 8.47. The van der Waals surface area contributed by atoms with Gasteiger partial charge in [-0.15, -0.1) is 5.10 Å². The molecule has 0 saturated carbocycles. The molecule has 4 rings (SSSR count). The summed E-state index contributed by atoms with van der Waals surface area (Å²) in [7, 11) is 3.06. The summed E-state index contributed by atoms with van der Waals surface area (Å²) in [5, 5.41) is 4.19. The number of carbonyl (C=O) groups excluding carboxylic acids is 2. The topological polar surface area (TPSA) is 80.4 Å². The zero-order valence-corrected chi connectivity index (χ0v) is 17.2. The molecule has 0 aliphatic carbocycles. The van der Waals surface area contributed by atoms with E-state index in [2.05, 4.69) is 15.5 Å². The molecule has 8 nitrogen and oxygen atoms in total. The van der Waals surface area contributed by atoms with Gasteiger partial charge in [0.05, 0.1) is 12.8 Å². The molecule has 9 heteroatoms. The van der Waals surface area contributed by atoms with E-state index in [1.54, 1.807) is 19.2 Å². The smallest absolute Gasteiger partial charge is 0.270 e. The number of likely N-dealkylation sites (N-methyl/N-ethyl adjacent to an activating group) is 2.